The number of nitro benzene ring substituents is 1. The lowest BCUT2D eigenvalue weighted by Gasteiger charge is -2.08. The predicted octanol–water partition coefficient (Wildman–Crippen LogP) is 2.76. The van der Waals surface area contributed by atoms with Crippen molar-refractivity contribution < 1.29 is 14.5 Å². The number of nitrogens with zero attached hydrogens (tertiary/aromatic N) is 2. The van der Waals surface area contributed by atoms with Crippen LogP contribution in [0.25, 0.3) is 0 Å². The molecule has 0 fully saturated rings. The van der Waals surface area contributed by atoms with Crippen LogP contribution in [0.5, 0.6) is 5.75 Å². The predicted molar refractivity (Wildman–Crippen MR) is 85.8 cm³/mol. The van der Waals surface area contributed by atoms with Gasteiger partial charge in [-0.05, 0) is 25.1 Å². The Hall–Kier alpha value is -3.22. The van der Waals surface area contributed by atoms with Crippen LogP contribution in [0.3, 0.4) is 0 Å². The number of carbonyl (C=O) groups excluding carboxylic acids is 1. The Labute approximate surface area is 132 Å². The molecule has 2 rings (SSSR count). The maximum atomic E-state index is 12.1. The fourth-order valence-corrected chi connectivity index (χ4v) is 1.92. The standard InChI is InChI=1S/C16H15N3O4/c1-2-23-15-10-6-4-8-13(15)16(20)18-17-11-12-7-3-5-9-14(12)19(21)22/h3-11H,2H2,1H3,(H,18,20)/b17-11+. The van der Waals surface area contributed by atoms with E-state index in [4.69, 9.17) is 4.74 Å². The molecular weight excluding hydrogens is 298 g/mol. The minimum absolute atomic E-state index is 0.0831. The molecule has 2 aromatic rings. The summed E-state index contributed by atoms with van der Waals surface area (Å²) in [6.07, 6.45) is 1.24. The number of nitrogens with one attached hydrogen (secondary N) is 1. The first-order valence-corrected chi connectivity index (χ1v) is 6.92. The van der Waals surface area contributed by atoms with Gasteiger partial charge in [0.2, 0.25) is 0 Å². The Kier molecular flexibility index (Phi) is 5.40. The number of carbonyl (C=O) groups is 1. The van der Waals surface area contributed by atoms with Crippen molar-refractivity contribution in [2.45, 2.75) is 6.92 Å². The zero-order valence-corrected chi connectivity index (χ0v) is 12.4. The maximum absolute atomic E-state index is 12.1. The Morgan fingerprint density at radius 3 is 2.70 bits per heavy atom. The molecule has 0 bridgehead atoms. The van der Waals surface area contributed by atoms with Gasteiger partial charge >= 0.3 is 0 Å². The normalized spacial score (nSPS) is 10.5. The number of benzene rings is 2. The van der Waals surface area contributed by atoms with Crippen LogP contribution in [0.15, 0.2) is 53.6 Å². The Morgan fingerprint density at radius 1 is 1.26 bits per heavy atom. The van der Waals surface area contributed by atoms with Gasteiger partial charge in [-0.25, -0.2) is 5.43 Å². The first kappa shape index (κ1) is 16.2. The monoisotopic (exact) mass is 313 g/mol. The highest BCUT2D eigenvalue weighted by atomic mass is 16.6. The largest absolute Gasteiger partial charge is 0.493 e. The summed E-state index contributed by atoms with van der Waals surface area (Å²) in [6, 6.07) is 12.9. The average molecular weight is 313 g/mol. The highest BCUT2D eigenvalue weighted by Gasteiger charge is 2.12. The van der Waals surface area contributed by atoms with Crippen LogP contribution in [0, 0.1) is 10.1 Å². The summed E-state index contributed by atoms with van der Waals surface area (Å²) in [5, 5.41) is 14.7. The van der Waals surface area contributed by atoms with E-state index in [1.54, 1.807) is 42.5 Å². The molecule has 23 heavy (non-hydrogen) atoms. The number of rotatable bonds is 6. The summed E-state index contributed by atoms with van der Waals surface area (Å²) in [7, 11) is 0. The minimum atomic E-state index is -0.506. The maximum Gasteiger partial charge on any atom is 0.278 e. The van der Waals surface area contributed by atoms with Crippen LogP contribution >= 0.6 is 0 Å². The second-order valence-corrected chi connectivity index (χ2v) is 4.44. The van der Waals surface area contributed by atoms with E-state index in [-0.39, 0.29) is 5.69 Å². The number of hydrogen-bond acceptors (Lipinski definition) is 5. The fourth-order valence-electron chi connectivity index (χ4n) is 1.92. The molecule has 7 nitrogen and oxygen atoms in total. The molecule has 118 valence electrons. The molecule has 0 aliphatic carbocycles. The lowest BCUT2D eigenvalue weighted by Crippen LogP contribution is -2.18. The molecule has 0 saturated carbocycles. The minimum Gasteiger partial charge on any atom is -0.493 e. The van der Waals surface area contributed by atoms with Gasteiger partial charge < -0.3 is 4.74 Å². The molecule has 0 atom stereocenters. The molecule has 0 aliphatic heterocycles. The molecule has 0 unspecified atom stereocenters. The lowest BCUT2D eigenvalue weighted by molar-refractivity contribution is -0.385. The Bertz CT molecular complexity index is 744. The van der Waals surface area contributed by atoms with E-state index >= 15 is 0 Å². The summed E-state index contributed by atoms with van der Waals surface area (Å²) in [4.78, 5) is 22.5. The second kappa shape index (κ2) is 7.69. The molecule has 0 aromatic heterocycles. The molecule has 0 spiro atoms. The van der Waals surface area contributed by atoms with Crippen LogP contribution in [0.1, 0.15) is 22.8 Å². The van der Waals surface area contributed by atoms with Crippen molar-refractivity contribution in [3.8, 4) is 5.75 Å². The third-order valence-corrected chi connectivity index (χ3v) is 2.93. The molecule has 0 heterocycles. The number of hydrazone groups is 1. The first-order chi connectivity index (χ1) is 11.1. The van der Waals surface area contributed by atoms with Crippen molar-refractivity contribution in [2.24, 2.45) is 5.10 Å². The number of hydrogen-bond donors (Lipinski definition) is 1. The van der Waals surface area contributed by atoms with E-state index in [0.717, 1.165) is 0 Å². The topological polar surface area (TPSA) is 93.8 Å². The highest BCUT2D eigenvalue weighted by molar-refractivity contribution is 5.97. The van der Waals surface area contributed by atoms with Gasteiger partial charge in [-0.1, -0.05) is 24.3 Å². The van der Waals surface area contributed by atoms with Gasteiger partial charge in [0.25, 0.3) is 11.6 Å². The first-order valence-electron chi connectivity index (χ1n) is 6.92. The fraction of sp³-hybridized carbons (Fsp3) is 0.125. The smallest absolute Gasteiger partial charge is 0.278 e. The molecule has 2 aromatic carbocycles. The van der Waals surface area contributed by atoms with Gasteiger partial charge in [0, 0.05) is 6.07 Å². The van der Waals surface area contributed by atoms with Crippen LogP contribution < -0.4 is 10.2 Å². The van der Waals surface area contributed by atoms with Gasteiger partial charge in [-0.3, -0.25) is 14.9 Å². The van der Waals surface area contributed by atoms with Crippen molar-refractivity contribution >= 4 is 17.8 Å². The lowest BCUT2D eigenvalue weighted by atomic mass is 10.2. The number of amides is 1. The van der Waals surface area contributed by atoms with Gasteiger partial charge in [0.15, 0.2) is 0 Å². The molecule has 0 saturated heterocycles. The number of para-hydroxylation sites is 2. The van der Waals surface area contributed by atoms with Crippen LogP contribution in [0.2, 0.25) is 0 Å². The van der Waals surface area contributed by atoms with Crippen LogP contribution in [-0.4, -0.2) is 23.7 Å². The van der Waals surface area contributed by atoms with Crippen molar-refractivity contribution in [1.29, 1.82) is 0 Å². The molecular formula is C16H15N3O4. The Balaban J connectivity index is 2.12. The SMILES string of the molecule is CCOc1ccccc1C(=O)N/N=C/c1ccccc1[N+](=O)[O-]. The second-order valence-electron chi connectivity index (χ2n) is 4.44. The Morgan fingerprint density at radius 2 is 1.96 bits per heavy atom. The van der Waals surface area contributed by atoms with E-state index in [9.17, 15) is 14.9 Å². The highest BCUT2D eigenvalue weighted by Crippen LogP contribution is 2.18. The quantitative estimate of drug-likeness (QED) is 0.504. The summed E-state index contributed by atoms with van der Waals surface area (Å²) < 4.78 is 5.37. The molecule has 0 radical (unpaired) electrons. The van der Waals surface area contributed by atoms with E-state index in [0.29, 0.717) is 23.5 Å². The molecule has 1 amide bonds. The van der Waals surface area contributed by atoms with Crippen molar-refractivity contribution in [2.75, 3.05) is 6.61 Å². The zero-order valence-electron chi connectivity index (χ0n) is 12.4. The van der Waals surface area contributed by atoms with Crippen molar-refractivity contribution in [3.05, 3.63) is 69.8 Å². The number of ether oxygens (including phenoxy) is 1. The zero-order chi connectivity index (χ0) is 16.7. The van der Waals surface area contributed by atoms with Gasteiger partial charge in [0.1, 0.15) is 5.75 Å². The summed E-state index contributed by atoms with van der Waals surface area (Å²) in [5.41, 5.74) is 2.90. The van der Waals surface area contributed by atoms with Gasteiger partial charge in [0.05, 0.1) is 28.9 Å². The molecule has 7 heteroatoms. The average Bonchev–Trinajstić information content (AvgIpc) is 2.56. The van der Waals surface area contributed by atoms with Crippen molar-refractivity contribution in [1.82, 2.24) is 5.43 Å². The molecule has 1 N–H and O–H groups in total. The van der Waals surface area contributed by atoms with E-state index < -0.39 is 10.8 Å². The van der Waals surface area contributed by atoms with Crippen molar-refractivity contribution in [3.63, 3.8) is 0 Å². The number of nitro groups is 1. The van der Waals surface area contributed by atoms with E-state index in [1.165, 1.54) is 12.3 Å². The van der Waals surface area contributed by atoms with E-state index in [2.05, 4.69) is 10.5 Å². The molecule has 0 aliphatic rings. The summed E-state index contributed by atoms with van der Waals surface area (Å²) in [5.74, 6) is -0.00252. The van der Waals surface area contributed by atoms with Gasteiger partial charge in [-0.2, -0.15) is 5.10 Å². The summed E-state index contributed by atoms with van der Waals surface area (Å²) in [6.45, 7) is 2.26. The van der Waals surface area contributed by atoms with Crippen LogP contribution in [0.4, 0.5) is 5.69 Å². The third-order valence-electron chi connectivity index (χ3n) is 2.93. The summed E-state index contributed by atoms with van der Waals surface area (Å²) >= 11 is 0. The van der Waals surface area contributed by atoms with E-state index in [1.807, 2.05) is 6.92 Å². The third kappa shape index (κ3) is 4.13. The van der Waals surface area contributed by atoms with Gasteiger partial charge in [-0.15, -0.1) is 0 Å². The van der Waals surface area contributed by atoms with Crippen LogP contribution in [-0.2, 0) is 0 Å².